The summed E-state index contributed by atoms with van der Waals surface area (Å²) < 4.78 is 0. The first-order valence-corrected chi connectivity index (χ1v) is 10.7. The van der Waals surface area contributed by atoms with Gasteiger partial charge >= 0.3 is 0 Å². The van der Waals surface area contributed by atoms with Crippen LogP contribution in [0.4, 0.5) is 0 Å². The molecule has 2 atom stereocenters. The van der Waals surface area contributed by atoms with Gasteiger partial charge < -0.3 is 0 Å². The van der Waals surface area contributed by atoms with Crippen LogP contribution in [-0.2, 0) is 0 Å². The van der Waals surface area contributed by atoms with Gasteiger partial charge in [0.2, 0.25) is 0 Å². The molecule has 0 saturated heterocycles. The lowest BCUT2D eigenvalue weighted by molar-refractivity contribution is 0.721. The molecule has 0 radical (unpaired) electrons. The fourth-order valence-electron chi connectivity index (χ4n) is 4.78. The van der Waals surface area contributed by atoms with Crippen LogP contribution in [0.5, 0.6) is 0 Å². The highest BCUT2D eigenvalue weighted by Gasteiger charge is 2.34. The Kier molecular flexibility index (Phi) is 4.85. The average Bonchev–Trinajstić information content (AvgIpc) is 2.80. The van der Waals surface area contributed by atoms with E-state index in [0.717, 1.165) is 0 Å². The molecule has 0 N–H and O–H groups in total. The molecule has 0 aliphatic heterocycles. The third-order valence-electron chi connectivity index (χ3n) is 6.26. The molecule has 5 rings (SSSR count). The van der Waals surface area contributed by atoms with Crippen LogP contribution >= 0.6 is 0 Å². The maximum Gasteiger partial charge on any atom is 0.0205 e. The van der Waals surface area contributed by atoms with Gasteiger partial charge in [-0.25, -0.2) is 0 Å². The highest BCUT2D eigenvalue weighted by atomic mass is 14.4. The molecule has 0 amide bonds. The van der Waals surface area contributed by atoms with Crippen molar-refractivity contribution in [3.05, 3.63) is 142 Å². The molecule has 0 heterocycles. The predicted molar refractivity (Wildman–Crippen MR) is 128 cm³/mol. The summed E-state index contributed by atoms with van der Waals surface area (Å²) in [7, 11) is 0. The zero-order chi connectivity index (χ0) is 20.5. The fourth-order valence-corrected chi connectivity index (χ4v) is 4.78. The van der Waals surface area contributed by atoms with Gasteiger partial charge in [-0.05, 0) is 47.2 Å². The van der Waals surface area contributed by atoms with Gasteiger partial charge in [-0.2, -0.15) is 0 Å². The van der Waals surface area contributed by atoms with Gasteiger partial charge in [0.25, 0.3) is 0 Å². The van der Waals surface area contributed by atoms with Crippen LogP contribution in [0.15, 0.2) is 103 Å². The van der Waals surface area contributed by atoms with E-state index in [1.54, 1.807) is 0 Å². The minimum atomic E-state index is 0.269. The van der Waals surface area contributed by atoms with Crippen molar-refractivity contribution < 1.29 is 0 Å². The smallest absolute Gasteiger partial charge is 0.0205 e. The third kappa shape index (κ3) is 3.39. The first kappa shape index (κ1) is 18.6. The molecule has 1 aliphatic rings. The maximum atomic E-state index is 2.41. The van der Waals surface area contributed by atoms with E-state index in [-0.39, 0.29) is 11.8 Å². The first-order chi connectivity index (χ1) is 14.7. The number of aryl methyl sites for hydroxylation is 2. The molecule has 0 unspecified atom stereocenters. The largest absolute Gasteiger partial charge is 0.0622 e. The summed E-state index contributed by atoms with van der Waals surface area (Å²) in [5, 5.41) is 0. The quantitative estimate of drug-likeness (QED) is 0.337. The summed E-state index contributed by atoms with van der Waals surface area (Å²) in [6.07, 6.45) is 2.41. The standard InChI is InChI=1S/C30H26/c1-21-13-16-25(17-14-21)30-27-19-22(2)15-18-26(27)20-28(23-9-5-3-6-10-23)29(30)24-11-7-4-8-12-24/h3-20,29-30H,1-2H3/t29-,30-/m1/s1. The van der Waals surface area contributed by atoms with E-state index in [2.05, 4.69) is 123 Å². The van der Waals surface area contributed by atoms with Gasteiger partial charge in [-0.1, -0.05) is 120 Å². The second-order valence-electron chi connectivity index (χ2n) is 8.37. The third-order valence-corrected chi connectivity index (χ3v) is 6.26. The lowest BCUT2D eigenvalue weighted by Crippen LogP contribution is -2.19. The Morgan fingerprint density at radius 3 is 1.83 bits per heavy atom. The van der Waals surface area contributed by atoms with Crippen molar-refractivity contribution in [3.63, 3.8) is 0 Å². The molecular weight excluding hydrogens is 360 g/mol. The number of benzene rings is 4. The van der Waals surface area contributed by atoms with E-state index in [1.165, 1.54) is 44.5 Å². The van der Waals surface area contributed by atoms with E-state index in [1.807, 2.05) is 0 Å². The van der Waals surface area contributed by atoms with Crippen LogP contribution in [0.25, 0.3) is 11.6 Å². The van der Waals surface area contributed by atoms with Crippen LogP contribution in [0, 0.1) is 13.8 Å². The lowest BCUT2D eigenvalue weighted by Gasteiger charge is -2.36. The molecule has 0 saturated carbocycles. The van der Waals surface area contributed by atoms with Crippen molar-refractivity contribution in [2.24, 2.45) is 0 Å². The Bertz CT molecular complexity index is 1180. The zero-order valence-corrected chi connectivity index (χ0v) is 17.5. The monoisotopic (exact) mass is 386 g/mol. The first-order valence-electron chi connectivity index (χ1n) is 10.7. The van der Waals surface area contributed by atoms with E-state index in [0.29, 0.717) is 0 Å². The number of fused-ring (bicyclic) bond motifs is 1. The fraction of sp³-hybridized carbons (Fsp3) is 0.133. The SMILES string of the molecule is Cc1ccc([C@@H]2c3cc(C)ccc3C=C(c3ccccc3)[C@H]2c2ccccc2)cc1. The molecule has 0 heteroatoms. The molecule has 0 fully saturated rings. The summed E-state index contributed by atoms with van der Waals surface area (Å²) in [5.74, 6) is 0.550. The topological polar surface area (TPSA) is 0 Å². The van der Waals surface area contributed by atoms with Crippen molar-refractivity contribution >= 4 is 11.6 Å². The number of rotatable bonds is 3. The average molecular weight is 387 g/mol. The zero-order valence-electron chi connectivity index (χ0n) is 17.5. The van der Waals surface area contributed by atoms with E-state index in [9.17, 15) is 0 Å². The molecule has 30 heavy (non-hydrogen) atoms. The summed E-state index contributed by atoms with van der Waals surface area (Å²) in [6.45, 7) is 4.35. The van der Waals surface area contributed by atoms with Gasteiger partial charge in [0.05, 0.1) is 0 Å². The lowest BCUT2D eigenvalue weighted by atomic mass is 9.67. The van der Waals surface area contributed by atoms with Crippen molar-refractivity contribution in [1.29, 1.82) is 0 Å². The van der Waals surface area contributed by atoms with E-state index in [4.69, 9.17) is 0 Å². The molecule has 0 spiro atoms. The number of allylic oxidation sites excluding steroid dienone is 1. The molecular formula is C30H26. The second kappa shape index (κ2) is 7.80. The molecule has 0 aromatic heterocycles. The predicted octanol–water partition coefficient (Wildman–Crippen LogP) is 7.77. The van der Waals surface area contributed by atoms with Crippen molar-refractivity contribution in [3.8, 4) is 0 Å². The van der Waals surface area contributed by atoms with Crippen molar-refractivity contribution in [2.45, 2.75) is 25.7 Å². The maximum absolute atomic E-state index is 2.41. The molecule has 0 bridgehead atoms. The summed E-state index contributed by atoms with van der Waals surface area (Å²) in [6, 6.07) is 37.9. The highest BCUT2D eigenvalue weighted by Crippen LogP contribution is 2.51. The Hall–Kier alpha value is -3.38. The van der Waals surface area contributed by atoms with Gasteiger partial charge in [0.1, 0.15) is 0 Å². The summed E-state index contributed by atoms with van der Waals surface area (Å²) >= 11 is 0. The summed E-state index contributed by atoms with van der Waals surface area (Å²) in [5.41, 5.74) is 10.8. The van der Waals surface area contributed by atoms with Crippen LogP contribution in [0.3, 0.4) is 0 Å². The molecule has 1 aliphatic carbocycles. The molecule has 4 aromatic rings. The Balaban J connectivity index is 1.80. The van der Waals surface area contributed by atoms with Gasteiger partial charge in [0, 0.05) is 11.8 Å². The van der Waals surface area contributed by atoms with E-state index >= 15 is 0 Å². The highest BCUT2D eigenvalue weighted by molar-refractivity contribution is 5.90. The van der Waals surface area contributed by atoms with Crippen LogP contribution in [0.2, 0.25) is 0 Å². The van der Waals surface area contributed by atoms with Gasteiger partial charge in [-0.3, -0.25) is 0 Å². The summed E-state index contributed by atoms with van der Waals surface area (Å²) in [4.78, 5) is 0. The minimum Gasteiger partial charge on any atom is -0.0622 e. The van der Waals surface area contributed by atoms with Crippen LogP contribution in [0.1, 0.15) is 50.8 Å². The van der Waals surface area contributed by atoms with Crippen LogP contribution in [-0.4, -0.2) is 0 Å². The molecule has 146 valence electrons. The normalized spacial score (nSPS) is 17.9. The Morgan fingerprint density at radius 1 is 0.533 bits per heavy atom. The number of hydrogen-bond acceptors (Lipinski definition) is 0. The Labute approximate surface area is 179 Å². The van der Waals surface area contributed by atoms with Gasteiger partial charge in [-0.15, -0.1) is 0 Å². The van der Waals surface area contributed by atoms with Crippen molar-refractivity contribution in [2.75, 3.05) is 0 Å². The minimum absolute atomic E-state index is 0.269. The molecule has 4 aromatic carbocycles. The second-order valence-corrected chi connectivity index (χ2v) is 8.37. The van der Waals surface area contributed by atoms with Crippen molar-refractivity contribution in [1.82, 2.24) is 0 Å². The Morgan fingerprint density at radius 2 is 1.13 bits per heavy atom. The molecule has 0 nitrogen and oxygen atoms in total. The van der Waals surface area contributed by atoms with Crippen LogP contribution < -0.4 is 0 Å². The van der Waals surface area contributed by atoms with E-state index < -0.39 is 0 Å². The van der Waals surface area contributed by atoms with Gasteiger partial charge in [0.15, 0.2) is 0 Å². The number of hydrogen-bond donors (Lipinski definition) is 0.